The summed E-state index contributed by atoms with van der Waals surface area (Å²) < 4.78 is 1.71. The van der Waals surface area contributed by atoms with Crippen molar-refractivity contribution in [1.29, 1.82) is 0 Å². The van der Waals surface area contributed by atoms with Crippen molar-refractivity contribution in [3.63, 3.8) is 0 Å². The Kier molecular flexibility index (Phi) is 4.20. The van der Waals surface area contributed by atoms with E-state index >= 15 is 0 Å². The van der Waals surface area contributed by atoms with Gasteiger partial charge < -0.3 is 0 Å². The monoisotopic (exact) mass is 260 g/mol. The van der Waals surface area contributed by atoms with Crippen LogP contribution in [0.3, 0.4) is 0 Å². The summed E-state index contributed by atoms with van der Waals surface area (Å²) in [6.07, 6.45) is 4.02. The van der Waals surface area contributed by atoms with Crippen molar-refractivity contribution in [2.75, 3.05) is 5.75 Å². The van der Waals surface area contributed by atoms with Gasteiger partial charge >= 0.3 is 0 Å². The summed E-state index contributed by atoms with van der Waals surface area (Å²) in [7, 11) is 1.85. The van der Waals surface area contributed by atoms with Gasteiger partial charge in [0.2, 0.25) is 0 Å². The van der Waals surface area contributed by atoms with E-state index < -0.39 is 0 Å². The molecule has 0 amide bonds. The zero-order chi connectivity index (χ0) is 13.0. The zero-order valence-corrected chi connectivity index (χ0v) is 11.4. The van der Waals surface area contributed by atoms with Gasteiger partial charge in [0.05, 0.1) is 6.20 Å². The lowest BCUT2D eigenvalue weighted by molar-refractivity contribution is 0.0993. The third-order valence-corrected chi connectivity index (χ3v) is 3.50. The first-order chi connectivity index (χ1) is 8.69. The van der Waals surface area contributed by atoms with Crippen molar-refractivity contribution < 1.29 is 4.79 Å². The van der Waals surface area contributed by atoms with Crippen LogP contribution in [0.1, 0.15) is 22.8 Å². The number of rotatable bonds is 5. The van der Waals surface area contributed by atoms with Gasteiger partial charge in [-0.3, -0.25) is 9.48 Å². The molecule has 0 bridgehead atoms. The Morgan fingerprint density at radius 2 is 2.06 bits per heavy atom. The minimum Gasteiger partial charge on any atom is -0.294 e. The Labute approximate surface area is 111 Å². The van der Waals surface area contributed by atoms with Crippen molar-refractivity contribution in [2.45, 2.75) is 18.2 Å². The Morgan fingerprint density at radius 1 is 1.33 bits per heavy atom. The number of ketones is 1. The highest BCUT2D eigenvalue weighted by Crippen LogP contribution is 2.18. The fourth-order valence-electron chi connectivity index (χ4n) is 1.75. The minimum atomic E-state index is 0.135. The number of thioether (sulfide) groups is 1. The summed E-state index contributed by atoms with van der Waals surface area (Å²) in [4.78, 5) is 13.3. The second-order valence-corrected chi connectivity index (χ2v) is 5.42. The second-order valence-electron chi connectivity index (χ2n) is 4.08. The second kappa shape index (κ2) is 5.87. The summed E-state index contributed by atoms with van der Waals surface area (Å²) in [6.45, 7) is 2.12. The molecule has 1 heterocycles. The molecule has 0 saturated carbocycles. The van der Waals surface area contributed by atoms with Crippen LogP contribution in [0.4, 0.5) is 0 Å². The lowest BCUT2D eigenvalue weighted by Crippen LogP contribution is -2.02. The van der Waals surface area contributed by atoms with E-state index in [4.69, 9.17) is 0 Å². The number of carbonyl (C=O) groups excluding carboxylic acids is 1. The van der Waals surface area contributed by atoms with Gasteiger partial charge in [0.15, 0.2) is 5.78 Å². The Hall–Kier alpha value is -1.55. The molecule has 4 heteroatoms. The molecule has 0 spiro atoms. The third kappa shape index (κ3) is 3.23. The van der Waals surface area contributed by atoms with E-state index in [1.807, 2.05) is 37.5 Å². The molecule has 0 aliphatic rings. The number of benzene rings is 1. The maximum atomic E-state index is 12.0. The smallest absolute Gasteiger partial charge is 0.167 e. The van der Waals surface area contributed by atoms with Crippen LogP contribution in [-0.4, -0.2) is 21.3 Å². The molecule has 1 aromatic carbocycles. The van der Waals surface area contributed by atoms with Crippen LogP contribution in [-0.2, 0) is 13.5 Å². The van der Waals surface area contributed by atoms with E-state index in [1.54, 1.807) is 22.6 Å². The molecule has 3 nitrogen and oxygen atoms in total. The number of hydrogen-bond acceptors (Lipinski definition) is 3. The summed E-state index contributed by atoms with van der Waals surface area (Å²) >= 11 is 1.78. The molecule has 18 heavy (non-hydrogen) atoms. The minimum absolute atomic E-state index is 0.135. The molecule has 1 aromatic heterocycles. The quantitative estimate of drug-likeness (QED) is 0.612. The molecule has 0 aliphatic carbocycles. The molecule has 0 unspecified atom stereocenters. The molecule has 0 N–H and O–H groups in total. The van der Waals surface area contributed by atoms with Crippen LogP contribution >= 0.6 is 11.8 Å². The summed E-state index contributed by atoms with van der Waals surface area (Å²) in [5.41, 5.74) is 1.72. The largest absolute Gasteiger partial charge is 0.294 e. The molecule has 0 atom stereocenters. The SMILES string of the molecule is CCSc1ccc(C(=O)Cc2cnn(C)c2)cc1. The van der Waals surface area contributed by atoms with E-state index in [2.05, 4.69) is 12.0 Å². The summed E-state index contributed by atoms with van der Waals surface area (Å²) in [5, 5.41) is 4.06. The van der Waals surface area contributed by atoms with Crippen LogP contribution in [0.5, 0.6) is 0 Å². The van der Waals surface area contributed by atoms with Crippen LogP contribution in [0.15, 0.2) is 41.6 Å². The number of hydrogen-bond donors (Lipinski definition) is 0. The number of carbonyl (C=O) groups is 1. The lowest BCUT2D eigenvalue weighted by Gasteiger charge is -2.01. The fraction of sp³-hybridized carbons (Fsp3) is 0.286. The molecule has 0 aliphatic heterocycles. The highest BCUT2D eigenvalue weighted by atomic mass is 32.2. The molecule has 2 aromatic rings. The molecule has 0 saturated heterocycles. The van der Waals surface area contributed by atoms with E-state index in [9.17, 15) is 4.79 Å². The first-order valence-corrected chi connectivity index (χ1v) is 6.91. The average molecular weight is 260 g/mol. The lowest BCUT2D eigenvalue weighted by atomic mass is 10.1. The van der Waals surface area contributed by atoms with Crippen molar-refractivity contribution in [3.05, 3.63) is 47.8 Å². The van der Waals surface area contributed by atoms with Gasteiger partial charge in [-0.25, -0.2) is 0 Å². The van der Waals surface area contributed by atoms with Gasteiger partial charge in [-0.15, -0.1) is 11.8 Å². The van der Waals surface area contributed by atoms with Crippen LogP contribution in [0.25, 0.3) is 0 Å². The predicted molar refractivity (Wildman–Crippen MR) is 74.1 cm³/mol. The van der Waals surface area contributed by atoms with Crippen molar-refractivity contribution >= 4 is 17.5 Å². The zero-order valence-electron chi connectivity index (χ0n) is 10.6. The number of aromatic nitrogens is 2. The predicted octanol–water partition coefficient (Wildman–Crippen LogP) is 2.96. The topological polar surface area (TPSA) is 34.9 Å². The first-order valence-electron chi connectivity index (χ1n) is 5.92. The highest BCUT2D eigenvalue weighted by Gasteiger charge is 2.08. The Morgan fingerprint density at radius 3 is 2.61 bits per heavy atom. The number of aryl methyl sites for hydroxylation is 1. The Balaban J connectivity index is 2.04. The van der Waals surface area contributed by atoms with Gasteiger partial charge in [0.25, 0.3) is 0 Å². The first kappa shape index (κ1) is 12.9. The molecule has 0 fully saturated rings. The maximum absolute atomic E-state index is 12.0. The Bertz CT molecular complexity index is 531. The van der Waals surface area contributed by atoms with Gasteiger partial charge in [0, 0.05) is 30.1 Å². The molecule has 94 valence electrons. The van der Waals surface area contributed by atoms with Gasteiger partial charge in [-0.05, 0) is 23.4 Å². The van der Waals surface area contributed by atoms with Crippen molar-refractivity contribution in [2.24, 2.45) is 7.05 Å². The van der Waals surface area contributed by atoms with Gasteiger partial charge in [0.1, 0.15) is 0 Å². The van der Waals surface area contributed by atoms with Crippen LogP contribution in [0.2, 0.25) is 0 Å². The average Bonchev–Trinajstić information content (AvgIpc) is 2.76. The van der Waals surface area contributed by atoms with E-state index in [0.717, 1.165) is 16.9 Å². The van der Waals surface area contributed by atoms with Crippen molar-refractivity contribution in [3.8, 4) is 0 Å². The fourth-order valence-corrected chi connectivity index (χ4v) is 2.42. The van der Waals surface area contributed by atoms with E-state index in [1.165, 1.54) is 4.90 Å². The maximum Gasteiger partial charge on any atom is 0.167 e. The molecule has 0 radical (unpaired) electrons. The highest BCUT2D eigenvalue weighted by molar-refractivity contribution is 7.99. The van der Waals surface area contributed by atoms with E-state index in [-0.39, 0.29) is 5.78 Å². The van der Waals surface area contributed by atoms with Crippen LogP contribution < -0.4 is 0 Å². The van der Waals surface area contributed by atoms with Gasteiger partial charge in [-0.2, -0.15) is 5.10 Å². The van der Waals surface area contributed by atoms with Crippen LogP contribution in [0, 0.1) is 0 Å². The summed E-state index contributed by atoms with van der Waals surface area (Å²) in [5.74, 6) is 1.18. The van der Waals surface area contributed by atoms with E-state index in [0.29, 0.717) is 6.42 Å². The number of nitrogens with zero attached hydrogens (tertiary/aromatic N) is 2. The standard InChI is InChI=1S/C14H16N2OS/c1-3-18-13-6-4-12(5-7-13)14(17)8-11-9-15-16(2)10-11/h4-7,9-10H,3,8H2,1-2H3. The normalized spacial score (nSPS) is 10.6. The molecular weight excluding hydrogens is 244 g/mol. The molecule has 2 rings (SSSR count). The third-order valence-electron chi connectivity index (χ3n) is 2.61. The summed E-state index contributed by atoms with van der Waals surface area (Å²) in [6, 6.07) is 7.81. The number of Topliss-reactive ketones (excluding diaryl/α,β-unsaturated/α-hetero) is 1. The molecular formula is C14H16N2OS. The van der Waals surface area contributed by atoms with Crippen molar-refractivity contribution in [1.82, 2.24) is 9.78 Å². The van der Waals surface area contributed by atoms with Gasteiger partial charge in [-0.1, -0.05) is 19.1 Å².